The summed E-state index contributed by atoms with van der Waals surface area (Å²) in [5, 5.41) is 7.75. The molecule has 80 valence electrons. The van der Waals surface area contributed by atoms with E-state index in [0.29, 0.717) is 24.6 Å². The zero-order valence-corrected chi connectivity index (χ0v) is 8.26. The van der Waals surface area contributed by atoms with Crippen LogP contribution in [0.2, 0.25) is 0 Å². The van der Waals surface area contributed by atoms with Crippen molar-refractivity contribution in [2.24, 2.45) is 11.5 Å². The molecule has 0 aromatic heterocycles. The fourth-order valence-electron chi connectivity index (χ4n) is 0.715. The van der Waals surface area contributed by atoms with Crippen molar-refractivity contribution in [1.82, 2.24) is 16.0 Å². The first-order valence-corrected chi connectivity index (χ1v) is 4.20. The van der Waals surface area contributed by atoms with Crippen molar-refractivity contribution in [3.8, 4) is 0 Å². The molecule has 6 heteroatoms. The number of hydrogen-bond donors (Lipinski definition) is 5. The minimum atomic E-state index is -0.358. The van der Waals surface area contributed by atoms with E-state index in [9.17, 15) is 4.79 Å². The van der Waals surface area contributed by atoms with Crippen LogP contribution >= 0.6 is 0 Å². The second-order valence-corrected chi connectivity index (χ2v) is 2.45. The highest BCUT2D eigenvalue weighted by atomic mass is 16.2. The lowest BCUT2D eigenvalue weighted by Crippen LogP contribution is -2.39. The van der Waals surface area contributed by atoms with Gasteiger partial charge in [-0.1, -0.05) is 6.58 Å². The molecule has 0 spiro atoms. The maximum atomic E-state index is 11.1. The molecule has 0 saturated heterocycles. The monoisotopic (exact) mass is 199 g/mol. The summed E-state index contributed by atoms with van der Waals surface area (Å²) in [5.41, 5.74) is 11.2. The third-order valence-electron chi connectivity index (χ3n) is 1.44. The molecule has 0 aromatic rings. The van der Waals surface area contributed by atoms with Crippen LogP contribution in [0, 0.1) is 0 Å². The maximum absolute atomic E-state index is 11.1. The predicted molar refractivity (Wildman–Crippen MR) is 56.1 cm³/mol. The van der Waals surface area contributed by atoms with E-state index in [1.165, 1.54) is 6.08 Å². The van der Waals surface area contributed by atoms with Crippen LogP contribution in [0.25, 0.3) is 0 Å². The van der Waals surface area contributed by atoms with Gasteiger partial charge in [0, 0.05) is 20.1 Å². The molecule has 7 N–H and O–H groups in total. The molecule has 0 aromatic carbocycles. The van der Waals surface area contributed by atoms with Gasteiger partial charge >= 0.3 is 6.03 Å². The molecule has 2 amide bonds. The zero-order valence-electron chi connectivity index (χ0n) is 8.26. The van der Waals surface area contributed by atoms with Gasteiger partial charge in [0.2, 0.25) is 0 Å². The molecule has 0 heterocycles. The second-order valence-electron chi connectivity index (χ2n) is 2.45. The van der Waals surface area contributed by atoms with Crippen molar-refractivity contribution < 1.29 is 4.79 Å². The smallest absolute Gasteiger partial charge is 0.319 e. The third kappa shape index (κ3) is 4.36. The van der Waals surface area contributed by atoms with E-state index in [1.54, 1.807) is 7.05 Å². The fraction of sp³-hybridized carbons (Fsp3) is 0.375. The Labute approximate surface area is 83.4 Å². The van der Waals surface area contributed by atoms with Gasteiger partial charge in [-0.25, -0.2) is 4.79 Å². The van der Waals surface area contributed by atoms with Gasteiger partial charge in [-0.15, -0.1) is 0 Å². The van der Waals surface area contributed by atoms with Crippen molar-refractivity contribution >= 4 is 6.03 Å². The summed E-state index contributed by atoms with van der Waals surface area (Å²) in [6, 6.07) is -0.358. The molecule has 0 rings (SSSR count). The Kier molecular flexibility index (Phi) is 5.97. The Bertz CT molecular complexity index is 236. The molecule has 0 unspecified atom stereocenters. The normalized spacial score (nSPS) is 11.3. The molecular formula is C8H17N5O. The first-order valence-electron chi connectivity index (χ1n) is 4.20. The lowest BCUT2D eigenvalue weighted by atomic mass is 10.4. The largest absolute Gasteiger partial charge is 0.384 e. The van der Waals surface area contributed by atoms with Gasteiger partial charge in [0.25, 0.3) is 0 Å². The average Bonchev–Trinajstić information content (AvgIpc) is 2.21. The molecule has 14 heavy (non-hydrogen) atoms. The zero-order chi connectivity index (χ0) is 11.0. The van der Waals surface area contributed by atoms with Crippen LogP contribution in [0.1, 0.15) is 0 Å². The predicted octanol–water partition coefficient (Wildman–Crippen LogP) is -1.22. The van der Waals surface area contributed by atoms with Gasteiger partial charge in [0.1, 0.15) is 5.82 Å². The van der Waals surface area contributed by atoms with Gasteiger partial charge in [0.05, 0.1) is 5.70 Å². The van der Waals surface area contributed by atoms with Gasteiger partial charge in [-0.3, -0.25) is 0 Å². The number of allylic oxidation sites excluding steroid dienone is 1. The quantitative estimate of drug-likeness (QED) is 0.358. The standard InChI is InChI=1S/C8H17N5O/c1-3-6(7(10)11-2)13-8(14)12-5-4-9/h3,11H,1,4-5,9-10H2,2H3,(H2,12,13,14)/b7-6+. The maximum Gasteiger partial charge on any atom is 0.319 e. The van der Waals surface area contributed by atoms with Crippen LogP contribution < -0.4 is 27.4 Å². The summed E-state index contributed by atoms with van der Waals surface area (Å²) in [4.78, 5) is 11.1. The van der Waals surface area contributed by atoms with E-state index >= 15 is 0 Å². The molecule has 0 bridgehead atoms. The van der Waals surface area contributed by atoms with Crippen molar-refractivity contribution in [3.63, 3.8) is 0 Å². The van der Waals surface area contributed by atoms with Crippen LogP contribution in [0.4, 0.5) is 4.79 Å². The van der Waals surface area contributed by atoms with Crippen molar-refractivity contribution in [2.75, 3.05) is 20.1 Å². The molecule has 6 nitrogen and oxygen atoms in total. The number of rotatable bonds is 5. The second kappa shape index (κ2) is 6.79. The van der Waals surface area contributed by atoms with Crippen LogP contribution in [0.15, 0.2) is 24.2 Å². The van der Waals surface area contributed by atoms with E-state index in [0.717, 1.165) is 0 Å². The van der Waals surface area contributed by atoms with E-state index in [1.807, 2.05) is 0 Å². The minimum absolute atomic E-state index is 0.350. The number of nitrogens with two attached hydrogens (primary N) is 2. The van der Waals surface area contributed by atoms with Gasteiger partial charge < -0.3 is 27.4 Å². The molecule has 0 fully saturated rings. The summed E-state index contributed by atoms with van der Waals surface area (Å²) < 4.78 is 0. The highest BCUT2D eigenvalue weighted by Gasteiger charge is 2.03. The highest BCUT2D eigenvalue weighted by Crippen LogP contribution is 1.91. The first-order chi connectivity index (χ1) is 6.65. The Hall–Kier alpha value is -1.69. The number of carbonyl (C=O) groups is 1. The first kappa shape index (κ1) is 12.3. The Morgan fingerprint density at radius 1 is 1.57 bits per heavy atom. The molecule has 0 atom stereocenters. The molecule has 0 aliphatic carbocycles. The molecule has 0 saturated carbocycles. The number of amides is 2. The topological polar surface area (TPSA) is 105 Å². The molecule has 0 aliphatic heterocycles. The van der Waals surface area contributed by atoms with Crippen molar-refractivity contribution in [2.45, 2.75) is 0 Å². The minimum Gasteiger partial charge on any atom is -0.384 e. The number of nitrogens with one attached hydrogen (secondary N) is 3. The van der Waals surface area contributed by atoms with Gasteiger partial charge in [-0.05, 0) is 6.08 Å². The van der Waals surface area contributed by atoms with Crippen molar-refractivity contribution in [1.29, 1.82) is 0 Å². The fourth-order valence-corrected chi connectivity index (χ4v) is 0.715. The summed E-state index contributed by atoms with van der Waals surface area (Å²) in [6.07, 6.45) is 1.45. The summed E-state index contributed by atoms with van der Waals surface area (Å²) >= 11 is 0. The SMILES string of the molecule is C=C/C(NC(=O)NCCN)=C(/N)NC. The van der Waals surface area contributed by atoms with Crippen LogP contribution in [0.5, 0.6) is 0 Å². The highest BCUT2D eigenvalue weighted by molar-refractivity contribution is 5.76. The van der Waals surface area contributed by atoms with Crippen molar-refractivity contribution in [3.05, 3.63) is 24.2 Å². The van der Waals surface area contributed by atoms with E-state index in [-0.39, 0.29) is 6.03 Å². The van der Waals surface area contributed by atoms with E-state index < -0.39 is 0 Å². The molecular weight excluding hydrogens is 182 g/mol. The van der Waals surface area contributed by atoms with Gasteiger partial charge in [-0.2, -0.15) is 0 Å². The van der Waals surface area contributed by atoms with Gasteiger partial charge in [0.15, 0.2) is 0 Å². The molecule has 0 radical (unpaired) electrons. The third-order valence-corrected chi connectivity index (χ3v) is 1.44. The Balaban J connectivity index is 4.19. The Morgan fingerprint density at radius 3 is 2.64 bits per heavy atom. The summed E-state index contributed by atoms with van der Waals surface area (Å²) in [6.45, 7) is 4.32. The van der Waals surface area contributed by atoms with E-state index in [4.69, 9.17) is 11.5 Å². The summed E-state index contributed by atoms with van der Waals surface area (Å²) in [7, 11) is 1.65. The van der Waals surface area contributed by atoms with Crippen LogP contribution in [-0.2, 0) is 0 Å². The van der Waals surface area contributed by atoms with Crippen LogP contribution in [-0.4, -0.2) is 26.2 Å². The lowest BCUT2D eigenvalue weighted by molar-refractivity contribution is 0.243. The molecule has 0 aliphatic rings. The number of hydrogen-bond acceptors (Lipinski definition) is 4. The van der Waals surface area contributed by atoms with E-state index in [2.05, 4.69) is 22.5 Å². The Morgan fingerprint density at radius 2 is 2.21 bits per heavy atom. The van der Waals surface area contributed by atoms with Crippen LogP contribution in [0.3, 0.4) is 0 Å². The average molecular weight is 199 g/mol. The summed E-state index contributed by atoms with van der Waals surface area (Å²) in [5.74, 6) is 0.350. The number of urea groups is 1. The number of carbonyl (C=O) groups excluding carboxylic acids is 1. The lowest BCUT2D eigenvalue weighted by Gasteiger charge is -2.10.